The number of β-amino-alcohol motifs (C(OH)–C–C–N with tert-alkyl or cyclic N) is 1. The molecule has 0 radical (unpaired) electrons. The number of hydrogen-bond acceptors (Lipinski definition) is 4. The molecule has 0 bridgehead atoms. The van der Waals surface area contributed by atoms with Crippen molar-refractivity contribution in [1.29, 1.82) is 0 Å². The molecule has 21 heavy (non-hydrogen) atoms. The smallest absolute Gasteiger partial charge is 0.123 e. The van der Waals surface area contributed by atoms with E-state index in [0.717, 1.165) is 31.9 Å². The number of aliphatic hydroxyl groups is 1. The summed E-state index contributed by atoms with van der Waals surface area (Å²) >= 11 is 0. The van der Waals surface area contributed by atoms with Crippen LogP contribution in [0.5, 0.6) is 0 Å². The maximum atomic E-state index is 12.9. The molecule has 1 aliphatic heterocycles. The Morgan fingerprint density at radius 2 is 1.90 bits per heavy atom. The average molecular weight is 294 g/mol. The summed E-state index contributed by atoms with van der Waals surface area (Å²) < 4.78 is 18.2. The molecule has 2 rings (SSSR count). The van der Waals surface area contributed by atoms with Crippen LogP contribution in [0.4, 0.5) is 10.1 Å². The first kappa shape index (κ1) is 15.9. The summed E-state index contributed by atoms with van der Waals surface area (Å²) in [6.45, 7) is 8.53. The zero-order valence-electron chi connectivity index (χ0n) is 12.2. The number of nitrogens with zero attached hydrogens (tertiary/aromatic N) is 2. The van der Waals surface area contributed by atoms with E-state index >= 15 is 0 Å². The van der Waals surface area contributed by atoms with Crippen LogP contribution < -0.4 is 4.90 Å². The van der Waals surface area contributed by atoms with Crippen molar-refractivity contribution < 1.29 is 14.2 Å². The molecule has 1 fully saturated rings. The number of piperazine rings is 1. The molecule has 1 N–H and O–H groups in total. The number of halogens is 1. The molecule has 0 amide bonds. The summed E-state index contributed by atoms with van der Waals surface area (Å²) in [5.41, 5.74) is 1.05. The van der Waals surface area contributed by atoms with Gasteiger partial charge >= 0.3 is 0 Å². The first-order valence-electron chi connectivity index (χ1n) is 7.28. The largest absolute Gasteiger partial charge is 0.389 e. The topological polar surface area (TPSA) is 35.9 Å². The van der Waals surface area contributed by atoms with E-state index in [1.807, 2.05) is 12.1 Å². The summed E-state index contributed by atoms with van der Waals surface area (Å²) in [7, 11) is 0. The molecule has 1 saturated heterocycles. The van der Waals surface area contributed by atoms with Crippen molar-refractivity contribution >= 4 is 5.69 Å². The summed E-state index contributed by atoms with van der Waals surface area (Å²) in [6, 6.07) is 6.59. The van der Waals surface area contributed by atoms with Crippen LogP contribution in [0.15, 0.2) is 36.9 Å². The third-order valence-electron chi connectivity index (χ3n) is 3.58. The number of hydrogen-bond donors (Lipinski definition) is 1. The Morgan fingerprint density at radius 3 is 2.52 bits per heavy atom. The first-order chi connectivity index (χ1) is 10.2. The molecule has 1 aromatic carbocycles. The minimum absolute atomic E-state index is 0.208. The number of ether oxygens (including phenoxy) is 1. The lowest BCUT2D eigenvalue weighted by Gasteiger charge is -2.36. The van der Waals surface area contributed by atoms with Crippen LogP contribution in [0.3, 0.4) is 0 Å². The number of benzene rings is 1. The molecule has 0 aromatic heterocycles. The standard InChI is InChI=1S/C16H23FN2O2/c1-2-11-21-13-16(20)12-18-7-9-19(10-8-18)15-5-3-14(17)4-6-15/h2-6,16,20H,1,7-13H2. The van der Waals surface area contributed by atoms with Crippen molar-refractivity contribution in [2.75, 3.05) is 50.8 Å². The molecule has 0 aliphatic carbocycles. The second-order valence-corrected chi connectivity index (χ2v) is 5.24. The predicted molar refractivity (Wildman–Crippen MR) is 82.1 cm³/mol. The van der Waals surface area contributed by atoms with Crippen LogP contribution in [0.1, 0.15) is 0 Å². The highest BCUT2D eigenvalue weighted by Gasteiger charge is 2.19. The van der Waals surface area contributed by atoms with E-state index in [2.05, 4.69) is 16.4 Å². The van der Waals surface area contributed by atoms with Gasteiger partial charge < -0.3 is 14.7 Å². The fourth-order valence-electron chi connectivity index (χ4n) is 2.48. The predicted octanol–water partition coefficient (Wildman–Crippen LogP) is 1.51. The second-order valence-electron chi connectivity index (χ2n) is 5.24. The molecule has 0 saturated carbocycles. The summed E-state index contributed by atoms with van der Waals surface area (Å²) in [4.78, 5) is 4.46. The molecule has 116 valence electrons. The molecule has 4 nitrogen and oxygen atoms in total. The Kier molecular flexibility index (Phi) is 6.17. The fraction of sp³-hybridized carbons (Fsp3) is 0.500. The SMILES string of the molecule is C=CCOCC(O)CN1CCN(c2ccc(F)cc2)CC1. The average Bonchev–Trinajstić information content (AvgIpc) is 2.49. The summed E-state index contributed by atoms with van der Waals surface area (Å²) in [6.07, 6.45) is 1.20. The van der Waals surface area contributed by atoms with E-state index in [-0.39, 0.29) is 5.82 Å². The van der Waals surface area contributed by atoms with Crippen LogP contribution in [-0.4, -0.2) is 62.0 Å². The van der Waals surface area contributed by atoms with E-state index in [1.165, 1.54) is 12.1 Å². The van der Waals surface area contributed by atoms with Crippen LogP contribution in [-0.2, 0) is 4.74 Å². The van der Waals surface area contributed by atoms with E-state index in [0.29, 0.717) is 19.8 Å². The highest BCUT2D eigenvalue weighted by Crippen LogP contribution is 2.16. The fourth-order valence-corrected chi connectivity index (χ4v) is 2.48. The number of aliphatic hydroxyl groups excluding tert-OH is 1. The van der Waals surface area contributed by atoms with Crippen LogP contribution in [0, 0.1) is 5.82 Å². The summed E-state index contributed by atoms with van der Waals surface area (Å²) in [5.74, 6) is -0.208. The molecular formula is C16H23FN2O2. The lowest BCUT2D eigenvalue weighted by atomic mass is 10.2. The van der Waals surface area contributed by atoms with Gasteiger partial charge in [-0.3, -0.25) is 4.90 Å². The van der Waals surface area contributed by atoms with Gasteiger partial charge in [0.1, 0.15) is 5.82 Å². The van der Waals surface area contributed by atoms with Crippen molar-refractivity contribution in [2.45, 2.75) is 6.10 Å². The van der Waals surface area contributed by atoms with Crippen molar-refractivity contribution in [3.8, 4) is 0 Å². The Balaban J connectivity index is 1.72. The molecule has 1 heterocycles. The third-order valence-corrected chi connectivity index (χ3v) is 3.58. The van der Waals surface area contributed by atoms with E-state index < -0.39 is 6.10 Å². The second kappa shape index (κ2) is 8.12. The van der Waals surface area contributed by atoms with Gasteiger partial charge in [0, 0.05) is 38.4 Å². The lowest BCUT2D eigenvalue weighted by molar-refractivity contribution is 0.0252. The van der Waals surface area contributed by atoms with Crippen LogP contribution >= 0.6 is 0 Å². The zero-order chi connectivity index (χ0) is 15.1. The Labute approximate surface area is 125 Å². The minimum Gasteiger partial charge on any atom is -0.389 e. The van der Waals surface area contributed by atoms with Gasteiger partial charge in [0.15, 0.2) is 0 Å². The van der Waals surface area contributed by atoms with Gasteiger partial charge in [0.25, 0.3) is 0 Å². The van der Waals surface area contributed by atoms with Gasteiger partial charge in [-0.1, -0.05) is 6.08 Å². The Hall–Kier alpha value is -1.43. The zero-order valence-corrected chi connectivity index (χ0v) is 12.2. The third kappa shape index (κ3) is 5.12. The number of rotatable bonds is 7. The molecule has 5 heteroatoms. The number of anilines is 1. The van der Waals surface area contributed by atoms with Gasteiger partial charge in [0.2, 0.25) is 0 Å². The molecule has 1 aliphatic rings. The Morgan fingerprint density at radius 1 is 1.24 bits per heavy atom. The molecular weight excluding hydrogens is 271 g/mol. The van der Waals surface area contributed by atoms with Crippen LogP contribution in [0.2, 0.25) is 0 Å². The maximum Gasteiger partial charge on any atom is 0.123 e. The van der Waals surface area contributed by atoms with Gasteiger partial charge in [-0.25, -0.2) is 4.39 Å². The van der Waals surface area contributed by atoms with E-state index in [9.17, 15) is 9.50 Å². The monoisotopic (exact) mass is 294 g/mol. The molecule has 1 atom stereocenters. The minimum atomic E-state index is -0.470. The maximum absolute atomic E-state index is 12.9. The van der Waals surface area contributed by atoms with Gasteiger partial charge in [-0.15, -0.1) is 6.58 Å². The van der Waals surface area contributed by atoms with Crippen molar-refractivity contribution in [3.63, 3.8) is 0 Å². The van der Waals surface area contributed by atoms with Crippen molar-refractivity contribution in [2.24, 2.45) is 0 Å². The van der Waals surface area contributed by atoms with E-state index in [4.69, 9.17) is 4.74 Å². The van der Waals surface area contributed by atoms with Gasteiger partial charge in [-0.05, 0) is 24.3 Å². The van der Waals surface area contributed by atoms with E-state index in [1.54, 1.807) is 6.08 Å². The van der Waals surface area contributed by atoms with Crippen molar-refractivity contribution in [3.05, 3.63) is 42.7 Å². The van der Waals surface area contributed by atoms with Gasteiger partial charge in [0.05, 0.1) is 19.3 Å². The first-order valence-corrected chi connectivity index (χ1v) is 7.28. The highest BCUT2D eigenvalue weighted by atomic mass is 19.1. The molecule has 1 aromatic rings. The quantitative estimate of drug-likeness (QED) is 0.611. The highest BCUT2D eigenvalue weighted by molar-refractivity contribution is 5.46. The summed E-state index contributed by atoms with van der Waals surface area (Å²) in [5, 5.41) is 9.89. The van der Waals surface area contributed by atoms with Crippen LogP contribution in [0.25, 0.3) is 0 Å². The molecule has 1 unspecified atom stereocenters. The molecule has 0 spiro atoms. The Bertz CT molecular complexity index is 430. The van der Waals surface area contributed by atoms with Crippen molar-refractivity contribution in [1.82, 2.24) is 4.90 Å². The lowest BCUT2D eigenvalue weighted by Crippen LogP contribution is -2.49. The normalized spacial score (nSPS) is 17.7. The van der Waals surface area contributed by atoms with Gasteiger partial charge in [-0.2, -0.15) is 0 Å².